The van der Waals surface area contributed by atoms with Gasteiger partial charge in [0.15, 0.2) is 0 Å². The van der Waals surface area contributed by atoms with Crippen LogP contribution in [0.2, 0.25) is 10.6 Å². The summed E-state index contributed by atoms with van der Waals surface area (Å²) in [4.78, 5) is 24.2. The lowest BCUT2D eigenvalue weighted by molar-refractivity contribution is 1.05. The highest BCUT2D eigenvalue weighted by atomic mass is 35.5. The largest absolute Gasteiger partial charge is 0.357 e. The molecule has 0 amide bonds. The summed E-state index contributed by atoms with van der Waals surface area (Å²) in [5.74, 6) is 1.41. The zero-order valence-corrected chi connectivity index (χ0v) is 15.3. The number of benzene rings is 1. The first-order valence-corrected chi connectivity index (χ1v) is 8.14. The molecule has 3 aromatic rings. The van der Waals surface area contributed by atoms with E-state index in [0.29, 0.717) is 23.8 Å². The normalized spacial score (nSPS) is 10.3. The van der Waals surface area contributed by atoms with E-state index in [4.69, 9.17) is 23.2 Å². The highest BCUT2D eigenvalue weighted by molar-refractivity contribution is 6.28. The van der Waals surface area contributed by atoms with Crippen molar-refractivity contribution in [3.8, 4) is 0 Å². The van der Waals surface area contributed by atoms with Gasteiger partial charge in [0, 0.05) is 25.5 Å². The minimum Gasteiger partial charge on any atom is -0.357 e. The van der Waals surface area contributed by atoms with Gasteiger partial charge in [-0.05, 0) is 47.5 Å². The molecule has 0 atom stereocenters. The summed E-state index contributed by atoms with van der Waals surface area (Å²) in [6.07, 6.45) is 0. The monoisotopic (exact) mass is 392 g/mol. The predicted molar refractivity (Wildman–Crippen MR) is 102 cm³/mol. The minimum absolute atomic E-state index is 0.0946. The Bertz CT molecular complexity index is 828. The molecule has 0 aliphatic heterocycles. The lowest BCUT2D eigenvalue weighted by Crippen LogP contribution is -2.04. The molecular formula is C14H14Cl2N10. The summed E-state index contributed by atoms with van der Waals surface area (Å²) in [6, 6.07) is 7.34. The van der Waals surface area contributed by atoms with Gasteiger partial charge in [-0.25, -0.2) is 0 Å². The van der Waals surface area contributed by atoms with Gasteiger partial charge in [0.2, 0.25) is 34.4 Å². The van der Waals surface area contributed by atoms with Crippen molar-refractivity contribution in [3.63, 3.8) is 0 Å². The van der Waals surface area contributed by atoms with Crippen molar-refractivity contribution in [2.45, 2.75) is 0 Å². The van der Waals surface area contributed by atoms with Gasteiger partial charge in [0.05, 0.1) is 0 Å². The van der Waals surface area contributed by atoms with E-state index in [1.54, 1.807) is 14.1 Å². The second kappa shape index (κ2) is 7.93. The molecule has 1 aromatic carbocycles. The lowest BCUT2D eigenvalue weighted by atomic mass is 10.3. The van der Waals surface area contributed by atoms with Crippen molar-refractivity contribution in [1.82, 2.24) is 29.9 Å². The van der Waals surface area contributed by atoms with Crippen molar-refractivity contribution in [2.24, 2.45) is 0 Å². The number of aromatic nitrogens is 6. The van der Waals surface area contributed by atoms with E-state index < -0.39 is 0 Å². The Labute approximate surface area is 158 Å². The van der Waals surface area contributed by atoms with E-state index in [2.05, 4.69) is 51.2 Å². The molecule has 26 heavy (non-hydrogen) atoms. The summed E-state index contributed by atoms with van der Waals surface area (Å²) in [5, 5.41) is 11.9. The highest BCUT2D eigenvalue weighted by Crippen LogP contribution is 2.20. The Morgan fingerprint density at radius 3 is 1.27 bits per heavy atom. The molecule has 4 N–H and O–H groups in total. The first-order valence-electron chi connectivity index (χ1n) is 7.38. The summed E-state index contributed by atoms with van der Waals surface area (Å²) < 4.78 is 0. The molecule has 2 heterocycles. The van der Waals surface area contributed by atoms with E-state index in [1.165, 1.54) is 0 Å². The zero-order valence-electron chi connectivity index (χ0n) is 13.7. The van der Waals surface area contributed by atoms with Gasteiger partial charge in [-0.3, -0.25) is 0 Å². The third-order valence-electron chi connectivity index (χ3n) is 3.06. The van der Waals surface area contributed by atoms with Crippen LogP contribution >= 0.6 is 23.2 Å². The topological polar surface area (TPSA) is 125 Å². The number of hydrogen-bond acceptors (Lipinski definition) is 10. The Balaban J connectivity index is 1.72. The molecule has 0 unspecified atom stereocenters. The predicted octanol–water partition coefficient (Wildman–Crippen LogP) is 2.93. The Kier molecular flexibility index (Phi) is 5.44. The van der Waals surface area contributed by atoms with Crippen molar-refractivity contribution >= 4 is 58.4 Å². The van der Waals surface area contributed by atoms with Gasteiger partial charge in [-0.1, -0.05) is 0 Å². The summed E-state index contributed by atoms with van der Waals surface area (Å²) in [6.45, 7) is 0. The van der Waals surface area contributed by atoms with E-state index in [0.717, 1.165) is 11.4 Å². The third kappa shape index (κ3) is 4.55. The molecule has 12 heteroatoms. The maximum atomic E-state index is 5.86. The van der Waals surface area contributed by atoms with Crippen LogP contribution in [0.15, 0.2) is 24.3 Å². The van der Waals surface area contributed by atoms with Crippen molar-refractivity contribution in [1.29, 1.82) is 0 Å². The number of nitrogens with zero attached hydrogens (tertiary/aromatic N) is 6. The second-order valence-corrected chi connectivity index (χ2v) is 5.51. The molecule has 0 saturated heterocycles. The van der Waals surface area contributed by atoms with Crippen LogP contribution in [-0.2, 0) is 0 Å². The number of nitrogens with one attached hydrogen (secondary N) is 4. The van der Waals surface area contributed by atoms with Crippen LogP contribution in [0.5, 0.6) is 0 Å². The van der Waals surface area contributed by atoms with E-state index in [1.807, 2.05) is 24.3 Å². The SMILES string of the molecule is CNc1nc(Cl)nc(Nc2ccc(Nc3nc(Cl)nc(NC)n3)cc2)n1. The summed E-state index contributed by atoms with van der Waals surface area (Å²) in [7, 11) is 3.39. The van der Waals surface area contributed by atoms with E-state index >= 15 is 0 Å². The minimum atomic E-state index is 0.0946. The van der Waals surface area contributed by atoms with Crippen LogP contribution < -0.4 is 21.3 Å². The van der Waals surface area contributed by atoms with Crippen LogP contribution in [0.1, 0.15) is 0 Å². The van der Waals surface area contributed by atoms with Gasteiger partial charge < -0.3 is 21.3 Å². The summed E-state index contributed by atoms with van der Waals surface area (Å²) >= 11 is 11.7. The van der Waals surface area contributed by atoms with Crippen LogP contribution in [0.4, 0.5) is 35.2 Å². The average Bonchev–Trinajstić information content (AvgIpc) is 2.62. The van der Waals surface area contributed by atoms with Crippen LogP contribution in [0.3, 0.4) is 0 Å². The molecule has 0 saturated carbocycles. The van der Waals surface area contributed by atoms with Gasteiger partial charge in [0.1, 0.15) is 0 Å². The zero-order chi connectivity index (χ0) is 18.5. The molecule has 0 aliphatic rings. The van der Waals surface area contributed by atoms with E-state index in [-0.39, 0.29) is 10.6 Å². The van der Waals surface area contributed by atoms with Crippen LogP contribution in [-0.4, -0.2) is 44.0 Å². The van der Waals surface area contributed by atoms with Gasteiger partial charge in [-0.2, -0.15) is 29.9 Å². The van der Waals surface area contributed by atoms with Crippen molar-refractivity contribution < 1.29 is 0 Å². The molecule has 0 spiro atoms. The molecule has 0 aliphatic carbocycles. The van der Waals surface area contributed by atoms with Gasteiger partial charge >= 0.3 is 0 Å². The molecular weight excluding hydrogens is 379 g/mol. The standard InChI is InChI=1S/C14H14Cl2N10/c1-17-11-21-9(15)23-13(25-11)19-7-3-5-8(6-4-7)20-14-24-10(16)22-12(18-2)26-14/h3-6H,1-2H3,(H2,17,19,21,23,25)(H2,18,20,22,24,26). The molecule has 0 bridgehead atoms. The number of hydrogen-bond donors (Lipinski definition) is 4. The molecule has 0 radical (unpaired) electrons. The Morgan fingerprint density at radius 1 is 0.577 bits per heavy atom. The fraction of sp³-hybridized carbons (Fsp3) is 0.143. The van der Waals surface area contributed by atoms with Crippen LogP contribution in [0.25, 0.3) is 0 Å². The first kappa shape index (κ1) is 17.8. The Morgan fingerprint density at radius 2 is 0.923 bits per heavy atom. The first-order chi connectivity index (χ1) is 12.6. The number of anilines is 6. The molecule has 3 rings (SSSR count). The fourth-order valence-corrected chi connectivity index (χ4v) is 2.25. The maximum Gasteiger partial charge on any atom is 0.233 e. The number of rotatable bonds is 6. The van der Waals surface area contributed by atoms with Gasteiger partial charge in [0.25, 0.3) is 0 Å². The quantitative estimate of drug-likeness (QED) is 0.497. The molecule has 10 nitrogen and oxygen atoms in total. The fourth-order valence-electron chi connectivity index (χ4n) is 1.93. The number of halogens is 2. The van der Waals surface area contributed by atoms with Gasteiger partial charge in [-0.15, -0.1) is 0 Å². The molecule has 0 fully saturated rings. The average molecular weight is 393 g/mol. The molecule has 134 valence electrons. The Hall–Kier alpha value is -2.98. The van der Waals surface area contributed by atoms with Crippen LogP contribution in [0, 0.1) is 0 Å². The lowest BCUT2D eigenvalue weighted by Gasteiger charge is -2.09. The third-order valence-corrected chi connectivity index (χ3v) is 3.40. The highest BCUT2D eigenvalue weighted by Gasteiger charge is 2.06. The van der Waals surface area contributed by atoms with Crippen molar-refractivity contribution in [2.75, 3.05) is 35.4 Å². The summed E-state index contributed by atoms with van der Waals surface area (Å²) in [5.41, 5.74) is 1.54. The van der Waals surface area contributed by atoms with E-state index in [9.17, 15) is 0 Å². The smallest absolute Gasteiger partial charge is 0.233 e. The maximum absolute atomic E-state index is 5.86. The van der Waals surface area contributed by atoms with Crippen molar-refractivity contribution in [3.05, 3.63) is 34.8 Å². The second-order valence-electron chi connectivity index (χ2n) is 4.83. The molecule has 2 aromatic heterocycles.